The molecule has 1 aliphatic rings. The Morgan fingerprint density at radius 3 is 1.81 bits per heavy atom. The minimum atomic E-state index is 0.114. The van der Waals surface area contributed by atoms with Gasteiger partial charge >= 0.3 is 0 Å². The van der Waals surface area contributed by atoms with E-state index >= 15 is 0 Å². The lowest BCUT2D eigenvalue weighted by Crippen LogP contribution is -2.33. The zero-order chi connectivity index (χ0) is 38.2. The number of nitrogens with zero attached hydrogens (tertiary/aromatic N) is 2. The van der Waals surface area contributed by atoms with Crippen LogP contribution in [-0.2, 0) is 10.8 Å². The summed E-state index contributed by atoms with van der Waals surface area (Å²) in [4.78, 5) is 0. The third kappa shape index (κ3) is 4.76. The number of hydrogen-bond donors (Lipinski definition) is 0. The van der Waals surface area contributed by atoms with Crippen LogP contribution in [0.4, 0.5) is 0 Å². The van der Waals surface area contributed by atoms with Crippen molar-refractivity contribution in [2.45, 2.75) is 51.4 Å². The molecule has 0 atom stereocenters. The molecule has 0 fully saturated rings. The Labute approximate surface area is 336 Å². The lowest BCUT2D eigenvalue weighted by Gasteiger charge is -2.42. The molecule has 3 aromatic heterocycles. The summed E-state index contributed by atoms with van der Waals surface area (Å²) in [5, 5.41) is 10.5. The second-order valence-corrected chi connectivity index (χ2v) is 18.7. The molecule has 3 heterocycles. The normalized spacial score (nSPS) is 15.2. The SMILES string of the molecule is CC1(C)CCC(C)(C)c2cc3c(cc21)c1cc2c4c5ccccc5ccc4n(-c4ccc(-c5ccc6sc7ccccc7c6c5)cc4)c2cc1n3-c1ccccc1. The van der Waals surface area contributed by atoms with Crippen LogP contribution in [0.3, 0.4) is 0 Å². The van der Waals surface area contributed by atoms with Crippen molar-refractivity contribution in [3.8, 4) is 22.5 Å². The summed E-state index contributed by atoms with van der Waals surface area (Å²) in [7, 11) is 0. The minimum Gasteiger partial charge on any atom is -0.309 e. The summed E-state index contributed by atoms with van der Waals surface area (Å²) in [6.45, 7) is 9.75. The van der Waals surface area contributed by atoms with E-state index in [2.05, 4.69) is 195 Å². The Morgan fingerprint density at radius 2 is 1.00 bits per heavy atom. The number of aromatic nitrogens is 2. The highest BCUT2D eigenvalue weighted by Gasteiger charge is 2.38. The van der Waals surface area contributed by atoms with Crippen molar-refractivity contribution in [3.63, 3.8) is 0 Å². The van der Waals surface area contributed by atoms with Gasteiger partial charge < -0.3 is 9.13 Å². The van der Waals surface area contributed by atoms with E-state index in [1.807, 2.05) is 11.3 Å². The minimum absolute atomic E-state index is 0.114. The Hall–Kier alpha value is -6.16. The largest absolute Gasteiger partial charge is 0.309 e. The van der Waals surface area contributed by atoms with Gasteiger partial charge in [0.15, 0.2) is 0 Å². The number of rotatable bonds is 3. The molecule has 3 heteroatoms. The predicted molar refractivity (Wildman–Crippen MR) is 246 cm³/mol. The fourth-order valence-corrected chi connectivity index (χ4v) is 11.3. The van der Waals surface area contributed by atoms with Crippen molar-refractivity contribution in [1.82, 2.24) is 9.13 Å². The molecule has 11 aromatic rings. The van der Waals surface area contributed by atoms with E-state index in [0.717, 1.165) is 5.69 Å². The van der Waals surface area contributed by atoms with Crippen molar-refractivity contribution < 1.29 is 0 Å². The summed E-state index contributed by atoms with van der Waals surface area (Å²) in [5.74, 6) is 0. The summed E-state index contributed by atoms with van der Waals surface area (Å²) in [6.07, 6.45) is 2.38. The number of thiophene rings is 1. The van der Waals surface area contributed by atoms with Gasteiger partial charge in [-0.15, -0.1) is 11.3 Å². The summed E-state index contributed by atoms with van der Waals surface area (Å²) in [6, 6.07) is 59.5. The molecule has 0 unspecified atom stereocenters. The van der Waals surface area contributed by atoms with Crippen LogP contribution in [0, 0.1) is 0 Å². The fourth-order valence-electron chi connectivity index (χ4n) is 10.2. The number of para-hydroxylation sites is 1. The highest BCUT2D eigenvalue weighted by atomic mass is 32.1. The van der Waals surface area contributed by atoms with E-state index in [-0.39, 0.29) is 10.8 Å². The van der Waals surface area contributed by atoms with Crippen LogP contribution in [0.15, 0.2) is 158 Å². The molecule has 0 saturated carbocycles. The lowest BCUT2D eigenvalue weighted by atomic mass is 9.63. The van der Waals surface area contributed by atoms with Gasteiger partial charge in [-0.3, -0.25) is 0 Å². The fraction of sp³-hybridized carbons (Fsp3) is 0.148. The average Bonchev–Trinajstić information content (AvgIpc) is 3.88. The van der Waals surface area contributed by atoms with E-state index in [1.165, 1.54) is 115 Å². The quantitative estimate of drug-likeness (QED) is 0.170. The molecule has 0 amide bonds. The Bertz CT molecular complexity index is 3440. The van der Waals surface area contributed by atoms with Gasteiger partial charge in [-0.1, -0.05) is 113 Å². The molecule has 12 rings (SSSR count). The maximum Gasteiger partial charge on any atom is 0.0562 e. The number of fused-ring (bicyclic) bond motifs is 12. The Morgan fingerprint density at radius 1 is 0.404 bits per heavy atom. The van der Waals surface area contributed by atoms with Crippen LogP contribution < -0.4 is 0 Å². The first-order valence-corrected chi connectivity index (χ1v) is 21.1. The van der Waals surface area contributed by atoms with Crippen LogP contribution >= 0.6 is 11.3 Å². The molecular weight excluding hydrogens is 709 g/mol. The van der Waals surface area contributed by atoms with E-state index in [0.29, 0.717) is 0 Å². The van der Waals surface area contributed by atoms with Gasteiger partial charge in [0.25, 0.3) is 0 Å². The van der Waals surface area contributed by atoms with Crippen LogP contribution in [0.25, 0.3) is 97.1 Å². The monoisotopic (exact) mass is 750 g/mol. The predicted octanol–water partition coefficient (Wildman–Crippen LogP) is 15.4. The molecule has 0 N–H and O–H groups in total. The first kappa shape index (κ1) is 33.0. The first-order valence-electron chi connectivity index (χ1n) is 20.3. The van der Waals surface area contributed by atoms with Crippen LogP contribution in [-0.4, -0.2) is 9.13 Å². The van der Waals surface area contributed by atoms with Crippen molar-refractivity contribution in [2.75, 3.05) is 0 Å². The molecule has 0 spiro atoms. The maximum atomic E-state index is 2.56. The van der Waals surface area contributed by atoms with Gasteiger partial charge in [0.05, 0.1) is 22.1 Å². The molecule has 8 aromatic carbocycles. The lowest BCUT2D eigenvalue weighted by molar-refractivity contribution is 0.332. The van der Waals surface area contributed by atoms with Gasteiger partial charge in [-0.05, 0) is 129 Å². The van der Waals surface area contributed by atoms with E-state index in [4.69, 9.17) is 0 Å². The van der Waals surface area contributed by atoms with E-state index in [1.54, 1.807) is 0 Å². The molecule has 57 heavy (non-hydrogen) atoms. The molecule has 274 valence electrons. The highest BCUT2D eigenvalue weighted by Crippen LogP contribution is 2.50. The van der Waals surface area contributed by atoms with Gasteiger partial charge in [0, 0.05) is 53.1 Å². The summed E-state index contributed by atoms with van der Waals surface area (Å²) >= 11 is 1.87. The molecule has 2 nitrogen and oxygen atoms in total. The third-order valence-electron chi connectivity index (χ3n) is 13.4. The van der Waals surface area contributed by atoms with Gasteiger partial charge in [0.1, 0.15) is 0 Å². The van der Waals surface area contributed by atoms with Crippen molar-refractivity contribution in [2.24, 2.45) is 0 Å². The first-order chi connectivity index (χ1) is 27.7. The number of benzene rings is 8. The second kappa shape index (κ2) is 11.7. The van der Waals surface area contributed by atoms with Crippen LogP contribution in [0.1, 0.15) is 51.7 Å². The number of hydrogen-bond acceptors (Lipinski definition) is 1. The molecule has 0 bridgehead atoms. The van der Waals surface area contributed by atoms with Crippen LogP contribution in [0.5, 0.6) is 0 Å². The smallest absolute Gasteiger partial charge is 0.0562 e. The van der Waals surface area contributed by atoms with Crippen molar-refractivity contribution in [3.05, 3.63) is 169 Å². The van der Waals surface area contributed by atoms with E-state index in [9.17, 15) is 0 Å². The molecule has 0 radical (unpaired) electrons. The average molecular weight is 751 g/mol. The third-order valence-corrected chi connectivity index (χ3v) is 14.5. The topological polar surface area (TPSA) is 9.86 Å². The molecule has 1 aliphatic carbocycles. The zero-order valence-electron chi connectivity index (χ0n) is 32.7. The Kier molecular flexibility index (Phi) is 6.77. The maximum absolute atomic E-state index is 2.56. The van der Waals surface area contributed by atoms with Gasteiger partial charge in [0.2, 0.25) is 0 Å². The standard InChI is InChI=1S/C54H42N2S/c1-53(2)26-27-54(3,4)45-31-47-41(30-44(45)53)40-29-43-49(32-48(40)56(47)36-13-6-5-7-14-36)55(46-24-20-34-12-8-9-15-38(34)52(43)46)37-22-18-33(19-23-37)35-21-25-51-42(28-35)39-16-10-11-17-50(39)57-51/h5-25,28-32H,26-27H2,1-4H3. The van der Waals surface area contributed by atoms with Gasteiger partial charge in [-0.2, -0.15) is 0 Å². The molecular formula is C54H42N2S. The molecule has 0 saturated heterocycles. The van der Waals surface area contributed by atoms with Crippen LogP contribution in [0.2, 0.25) is 0 Å². The Balaban J connectivity index is 1.14. The zero-order valence-corrected chi connectivity index (χ0v) is 33.5. The van der Waals surface area contributed by atoms with Crippen molar-refractivity contribution in [1.29, 1.82) is 0 Å². The van der Waals surface area contributed by atoms with E-state index < -0.39 is 0 Å². The van der Waals surface area contributed by atoms with Gasteiger partial charge in [-0.25, -0.2) is 0 Å². The highest BCUT2D eigenvalue weighted by molar-refractivity contribution is 7.25. The second-order valence-electron chi connectivity index (χ2n) is 17.6. The van der Waals surface area contributed by atoms with Crippen molar-refractivity contribution >= 4 is 85.9 Å². The molecule has 0 aliphatic heterocycles. The summed E-state index contributed by atoms with van der Waals surface area (Å²) in [5.41, 5.74) is 13.0. The summed E-state index contributed by atoms with van der Waals surface area (Å²) < 4.78 is 7.70.